The van der Waals surface area contributed by atoms with E-state index in [4.69, 9.17) is 5.26 Å². The molecule has 0 radical (unpaired) electrons. The normalized spacial score (nSPS) is 11.6. The van der Waals surface area contributed by atoms with Crippen LogP contribution in [0.2, 0.25) is 0 Å². The highest BCUT2D eigenvalue weighted by atomic mass is 16.6. The molecule has 0 amide bonds. The Morgan fingerprint density at radius 3 is 2.76 bits per heavy atom. The molecular weight excluding hydrogens is 280 g/mol. The van der Waals surface area contributed by atoms with Gasteiger partial charge in [0, 0.05) is 6.07 Å². The molecule has 0 aliphatic heterocycles. The van der Waals surface area contributed by atoms with E-state index in [0.717, 1.165) is 0 Å². The molecule has 0 aliphatic rings. The van der Waals surface area contributed by atoms with Gasteiger partial charge in [-0.2, -0.15) is 5.26 Å². The summed E-state index contributed by atoms with van der Waals surface area (Å²) in [7, 11) is 0. The van der Waals surface area contributed by atoms with Crippen LogP contribution in [-0.4, -0.2) is 22.6 Å². The lowest BCUT2D eigenvalue weighted by molar-refractivity contribution is -0.384. The summed E-state index contributed by atoms with van der Waals surface area (Å²) in [6.45, 7) is 1.53. The Hall–Kier alpha value is -3.28. The van der Waals surface area contributed by atoms with E-state index in [1.165, 1.54) is 37.3 Å². The van der Waals surface area contributed by atoms with Crippen molar-refractivity contribution >= 4 is 17.3 Å². The first-order valence-corrected chi connectivity index (χ1v) is 5.66. The van der Waals surface area contributed by atoms with Gasteiger partial charge in [-0.25, -0.2) is 4.79 Å². The number of ether oxygens (including phenoxy) is 1. The largest absolute Gasteiger partial charge is 0.498 e. The van der Waals surface area contributed by atoms with Crippen LogP contribution in [0.5, 0.6) is 0 Å². The lowest BCUT2D eigenvalue weighted by Crippen LogP contribution is -2.08. The number of nitriles is 1. The Labute approximate surface area is 118 Å². The van der Waals surface area contributed by atoms with Crippen LogP contribution in [0.4, 0.5) is 11.4 Å². The van der Waals surface area contributed by atoms with E-state index in [-0.39, 0.29) is 18.0 Å². The zero-order valence-electron chi connectivity index (χ0n) is 10.9. The average molecular weight is 290 g/mol. The van der Waals surface area contributed by atoms with E-state index >= 15 is 0 Å². The number of carbonyl (C=O) groups is 1. The van der Waals surface area contributed by atoms with Crippen LogP contribution >= 0.6 is 0 Å². The number of esters is 1. The third-order valence-corrected chi connectivity index (χ3v) is 2.14. The molecule has 1 aromatic carbocycles. The summed E-state index contributed by atoms with van der Waals surface area (Å²) in [5, 5.41) is 35.6. The summed E-state index contributed by atoms with van der Waals surface area (Å²) in [5.41, 5.74) is -1.19. The Balaban J connectivity index is 3.20. The minimum absolute atomic E-state index is 0.00203. The molecule has 9 nitrogen and oxygen atoms in total. The molecule has 0 spiro atoms. The number of aliphatic hydroxyl groups excluding tert-OH is 1. The smallest absolute Gasteiger partial charge is 0.363 e. The Kier molecular flexibility index (Phi) is 5.52. The molecule has 0 saturated carbocycles. The van der Waals surface area contributed by atoms with Crippen molar-refractivity contribution in [2.75, 3.05) is 6.61 Å². The van der Waals surface area contributed by atoms with Gasteiger partial charge in [0.05, 0.1) is 11.5 Å². The molecule has 1 N–H and O–H groups in total. The number of carbonyl (C=O) groups excluding carboxylic acids is 1. The van der Waals surface area contributed by atoms with E-state index < -0.39 is 22.3 Å². The maximum Gasteiger partial charge on any atom is 0.363 e. The van der Waals surface area contributed by atoms with Gasteiger partial charge in [-0.05, 0) is 13.0 Å². The van der Waals surface area contributed by atoms with Crippen LogP contribution in [0.1, 0.15) is 6.92 Å². The molecule has 1 aromatic rings. The minimum atomic E-state index is -1.06. The number of nitro benzene ring substituents is 1. The highest BCUT2D eigenvalue weighted by Gasteiger charge is 2.18. The van der Waals surface area contributed by atoms with Crippen molar-refractivity contribution in [2.24, 2.45) is 10.2 Å². The van der Waals surface area contributed by atoms with E-state index in [9.17, 15) is 20.0 Å². The second-order valence-corrected chi connectivity index (χ2v) is 3.48. The van der Waals surface area contributed by atoms with Gasteiger partial charge in [-0.3, -0.25) is 10.1 Å². The molecule has 1 rings (SSSR count). The second-order valence-electron chi connectivity index (χ2n) is 3.48. The van der Waals surface area contributed by atoms with Gasteiger partial charge in [-0.1, -0.05) is 12.1 Å². The molecule has 0 unspecified atom stereocenters. The Morgan fingerprint density at radius 1 is 1.52 bits per heavy atom. The number of azo groups is 1. The third kappa shape index (κ3) is 4.10. The number of rotatable bonds is 5. The number of allylic oxidation sites excluding steroid dienone is 1. The number of nitrogens with zero attached hydrogens (tertiary/aromatic N) is 4. The molecule has 0 atom stereocenters. The van der Waals surface area contributed by atoms with E-state index in [1.807, 2.05) is 0 Å². The number of hydrogen-bond acceptors (Lipinski definition) is 8. The standard InChI is InChI=1S/C12H10N4O5/c1-2-21-12(18)11(10(17)7-13)15-14-8-5-3-4-6-9(8)16(19)20/h3-6,17H,2H2,1H3/b11-10-,15-14?. The lowest BCUT2D eigenvalue weighted by Gasteiger charge is -2.01. The molecule has 9 heteroatoms. The van der Waals surface area contributed by atoms with E-state index in [0.29, 0.717) is 0 Å². The minimum Gasteiger partial charge on any atom is -0.498 e. The average Bonchev–Trinajstić information content (AvgIpc) is 2.47. The Morgan fingerprint density at radius 2 is 2.19 bits per heavy atom. The molecular formula is C12H10N4O5. The topological polar surface area (TPSA) is 138 Å². The van der Waals surface area contributed by atoms with Gasteiger partial charge < -0.3 is 9.84 Å². The summed E-state index contributed by atoms with van der Waals surface area (Å²) in [4.78, 5) is 21.6. The van der Waals surface area contributed by atoms with Crippen LogP contribution in [-0.2, 0) is 9.53 Å². The zero-order chi connectivity index (χ0) is 15.8. The van der Waals surface area contributed by atoms with Crippen molar-refractivity contribution in [3.8, 4) is 6.07 Å². The van der Waals surface area contributed by atoms with E-state index in [2.05, 4.69) is 15.0 Å². The van der Waals surface area contributed by atoms with Crippen LogP contribution < -0.4 is 0 Å². The zero-order valence-corrected chi connectivity index (χ0v) is 10.9. The predicted octanol–water partition coefficient (Wildman–Crippen LogP) is 2.53. The first-order chi connectivity index (χ1) is 10.0. The first kappa shape index (κ1) is 15.8. The quantitative estimate of drug-likeness (QED) is 0.129. The number of benzene rings is 1. The van der Waals surface area contributed by atoms with E-state index in [1.54, 1.807) is 0 Å². The number of nitro groups is 1. The highest BCUT2D eigenvalue weighted by molar-refractivity contribution is 5.89. The van der Waals surface area contributed by atoms with Gasteiger partial charge in [-0.15, -0.1) is 10.2 Å². The number of hydrogen-bond donors (Lipinski definition) is 1. The summed E-state index contributed by atoms with van der Waals surface area (Å²) in [6.07, 6.45) is 0. The fraction of sp³-hybridized carbons (Fsp3) is 0.167. The van der Waals surface area contributed by atoms with Gasteiger partial charge in [0.2, 0.25) is 11.5 Å². The third-order valence-electron chi connectivity index (χ3n) is 2.14. The molecule has 0 heterocycles. The summed E-state index contributed by atoms with van der Waals surface area (Å²) in [5.74, 6) is -2.05. The van der Waals surface area contributed by atoms with Crippen LogP contribution in [0, 0.1) is 21.4 Å². The van der Waals surface area contributed by atoms with Gasteiger partial charge in [0.15, 0.2) is 5.69 Å². The number of aliphatic hydroxyl groups is 1. The predicted molar refractivity (Wildman–Crippen MR) is 69.5 cm³/mol. The molecule has 108 valence electrons. The van der Waals surface area contributed by atoms with Crippen molar-refractivity contribution in [3.05, 3.63) is 45.8 Å². The molecule has 0 aliphatic carbocycles. The fourth-order valence-electron chi connectivity index (χ4n) is 1.24. The molecule has 21 heavy (non-hydrogen) atoms. The van der Waals surface area contributed by atoms with Crippen LogP contribution in [0.15, 0.2) is 46.0 Å². The molecule has 0 fully saturated rings. The SMILES string of the molecule is CCOC(=O)/C(N=Nc1ccccc1[N+](=O)[O-])=C(/O)C#N. The van der Waals surface area contributed by atoms with Crippen molar-refractivity contribution in [1.29, 1.82) is 5.26 Å². The second kappa shape index (κ2) is 7.34. The van der Waals surface area contributed by atoms with Crippen LogP contribution in [0.3, 0.4) is 0 Å². The maximum atomic E-state index is 11.5. The summed E-state index contributed by atoms with van der Waals surface area (Å²) >= 11 is 0. The Bertz CT molecular complexity index is 660. The fourth-order valence-corrected chi connectivity index (χ4v) is 1.24. The highest BCUT2D eigenvalue weighted by Crippen LogP contribution is 2.27. The first-order valence-electron chi connectivity index (χ1n) is 5.66. The molecule has 0 aromatic heterocycles. The van der Waals surface area contributed by atoms with Crippen molar-refractivity contribution in [1.82, 2.24) is 0 Å². The summed E-state index contributed by atoms with van der Waals surface area (Å²) in [6, 6.07) is 6.75. The van der Waals surface area contributed by atoms with Gasteiger partial charge >= 0.3 is 5.97 Å². The summed E-state index contributed by atoms with van der Waals surface area (Å²) < 4.78 is 4.60. The molecule has 0 bridgehead atoms. The number of para-hydroxylation sites is 1. The van der Waals surface area contributed by atoms with Crippen molar-refractivity contribution in [3.63, 3.8) is 0 Å². The van der Waals surface area contributed by atoms with Crippen molar-refractivity contribution < 1.29 is 19.6 Å². The van der Waals surface area contributed by atoms with Crippen LogP contribution in [0.25, 0.3) is 0 Å². The maximum absolute atomic E-state index is 11.5. The lowest BCUT2D eigenvalue weighted by atomic mass is 10.3. The monoisotopic (exact) mass is 290 g/mol. The van der Waals surface area contributed by atoms with Crippen molar-refractivity contribution in [2.45, 2.75) is 6.92 Å². The van der Waals surface area contributed by atoms with Gasteiger partial charge in [0.1, 0.15) is 6.07 Å². The van der Waals surface area contributed by atoms with Gasteiger partial charge in [0.25, 0.3) is 5.69 Å². The molecule has 0 saturated heterocycles.